The van der Waals surface area contributed by atoms with Crippen LogP contribution in [0.3, 0.4) is 0 Å². The van der Waals surface area contributed by atoms with Crippen molar-refractivity contribution in [1.82, 2.24) is 5.32 Å². The number of rotatable bonds is 7. The van der Waals surface area contributed by atoms with Crippen LogP contribution in [0.25, 0.3) is 0 Å². The molecule has 1 aliphatic rings. The van der Waals surface area contributed by atoms with Crippen LogP contribution in [0.2, 0.25) is 0 Å². The molecule has 0 saturated heterocycles. The van der Waals surface area contributed by atoms with Crippen LogP contribution in [-0.4, -0.2) is 24.9 Å². The zero-order chi connectivity index (χ0) is 16.1. The molecule has 2 amide bonds. The number of carbonyl (C=O) groups excluding carboxylic acids is 2. The maximum absolute atomic E-state index is 12.0. The summed E-state index contributed by atoms with van der Waals surface area (Å²) >= 11 is 1.39. The summed E-state index contributed by atoms with van der Waals surface area (Å²) in [5, 5.41) is 10.7. The molecule has 1 saturated carbocycles. The first kappa shape index (κ1) is 18.4. The minimum absolute atomic E-state index is 0. The third kappa shape index (κ3) is 5.63. The van der Waals surface area contributed by atoms with E-state index in [1.165, 1.54) is 24.2 Å². The molecule has 0 unspecified atom stereocenters. The zero-order valence-electron chi connectivity index (χ0n) is 13.1. The van der Waals surface area contributed by atoms with Crippen LogP contribution >= 0.6 is 23.7 Å². The normalized spacial score (nSPS) is 13.0. The predicted octanol–water partition coefficient (Wildman–Crippen LogP) is 3.36. The van der Waals surface area contributed by atoms with Gasteiger partial charge >= 0.3 is 0 Å². The van der Waals surface area contributed by atoms with Crippen LogP contribution in [0.1, 0.15) is 22.5 Å². The Morgan fingerprint density at radius 2 is 1.83 bits per heavy atom. The average molecular weight is 366 g/mol. The molecular weight excluding hydrogens is 346 g/mol. The van der Waals surface area contributed by atoms with Crippen LogP contribution in [0.5, 0.6) is 0 Å². The molecule has 5 nitrogen and oxygen atoms in total. The van der Waals surface area contributed by atoms with Crippen molar-refractivity contribution in [3.63, 3.8) is 0 Å². The summed E-state index contributed by atoms with van der Waals surface area (Å²) in [5.74, 6) is 0.528. The van der Waals surface area contributed by atoms with Gasteiger partial charge in [-0.25, -0.2) is 0 Å². The van der Waals surface area contributed by atoms with Gasteiger partial charge in [-0.1, -0.05) is 12.1 Å². The Kier molecular flexibility index (Phi) is 6.78. The second-order valence-corrected chi connectivity index (χ2v) is 6.58. The van der Waals surface area contributed by atoms with E-state index in [-0.39, 0.29) is 24.2 Å². The summed E-state index contributed by atoms with van der Waals surface area (Å²) in [4.78, 5) is 24.6. The highest BCUT2D eigenvalue weighted by molar-refractivity contribution is 7.12. The van der Waals surface area contributed by atoms with E-state index in [1.54, 1.807) is 30.3 Å². The molecule has 1 heterocycles. The number of carbonyl (C=O) groups is 2. The van der Waals surface area contributed by atoms with Gasteiger partial charge < -0.3 is 16.0 Å². The minimum atomic E-state index is -0.144. The first-order chi connectivity index (χ1) is 11.2. The van der Waals surface area contributed by atoms with Gasteiger partial charge in [0.25, 0.3) is 5.91 Å². The number of hydrogen-bond donors (Lipinski definition) is 3. The van der Waals surface area contributed by atoms with E-state index < -0.39 is 0 Å². The van der Waals surface area contributed by atoms with E-state index in [9.17, 15) is 9.59 Å². The molecule has 1 aliphatic carbocycles. The molecule has 0 bridgehead atoms. The molecule has 0 radical (unpaired) electrons. The lowest BCUT2D eigenvalue weighted by Crippen LogP contribution is -2.29. The van der Waals surface area contributed by atoms with Crippen LogP contribution in [-0.2, 0) is 4.79 Å². The van der Waals surface area contributed by atoms with Crippen molar-refractivity contribution < 1.29 is 9.59 Å². The number of anilines is 2. The van der Waals surface area contributed by atoms with Gasteiger partial charge in [-0.05, 0) is 54.9 Å². The molecule has 1 aromatic carbocycles. The van der Waals surface area contributed by atoms with Crippen molar-refractivity contribution in [2.45, 2.75) is 12.8 Å². The van der Waals surface area contributed by atoms with Gasteiger partial charge in [0.15, 0.2) is 0 Å². The Labute approximate surface area is 151 Å². The smallest absolute Gasteiger partial charge is 0.265 e. The van der Waals surface area contributed by atoms with Gasteiger partial charge in [-0.3, -0.25) is 9.59 Å². The standard InChI is InChI=1S/C17H19N3O2S.ClH/c21-16(11-18-10-12-6-7-12)19-13-3-1-4-14(9-13)20-17(22)15-5-2-8-23-15;/h1-5,8-9,12,18H,6-7,10-11H2,(H,19,21)(H,20,22);1H. The van der Waals surface area contributed by atoms with Crippen molar-refractivity contribution in [1.29, 1.82) is 0 Å². The summed E-state index contributed by atoms with van der Waals surface area (Å²) in [5.41, 5.74) is 1.33. The molecule has 1 fully saturated rings. The summed E-state index contributed by atoms with van der Waals surface area (Å²) in [6, 6.07) is 10.8. The lowest BCUT2D eigenvalue weighted by Gasteiger charge is -2.09. The Morgan fingerprint density at radius 3 is 2.50 bits per heavy atom. The van der Waals surface area contributed by atoms with Gasteiger partial charge in [0.1, 0.15) is 0 Å². The monoisotopic (exact) mass is 365 g/mol. The van der Waals surface area contributed by atoms with Crippen molar-refractivity contribution >= 4 is 46.9 Å². The highest BCUT2D eigenvalue weighted by atomic mass is 35.5. The molecule has 0 atom stereocenters. The third-order valence-electron chi connectivity index (χ3n) is 3.56. The average Bonchev–Trinajstić information content (AvgIpc) is 3.18. The van der Waals surface area contributed by atoms with E-state index in [0.29, 0.717) is 22.8 Å². The van der Waals surface area contributed by atoms with Crippen LogP contribution in [0, 0.1) is 5.92 Å². The van der Waals surface area contributed by atoms with E-state index >= 15 is 0 Å². The van der Waals surface area contributed by atoms with E-state index in [4.69, 9.17) is 0 Å². The molecule has 1 aromatic heterocycles. The lowest BCUT2D eigenvalue weighted by molar-refractivity contribution is -0.115. The van der Waals surface area contributed by atoms with Crippen molar-refractivity contribution in [2.24, 2.45) is 5.92 Å². The fraction of sp³-hybridized carbons (Fsp3) is 0.294. The van der Waals surface area contributed by atoms with Crippen molar-refractivity contribution in [3.8, 4) is 0 Å². The number of thiophene rings is 1. The highest BCUT2D eigenvalue weighted by Crippen LogP contribution is 2.27. The van der Waals surface area contributed by atoms with Crippen LogP contribution < -0.4 is 16.0 Å². The number of nitrogens with one attached hydrogen (secondary N) is 3. The number of hydrogen-bond acceptors (Lipinski definition) is 4. The maximum Gasteiger partial charge on any atom is 0.265 e. The minimum Gasteiger partial charge on any atom is -0.325 e. The van der Waals surface area contributed by atoms with Gasteiger partial charge in [-0.15, -0.1) is 23.7 Å². The summed E-state index contributed by atoms with van der Waals surface area (Å²) in [7, 11) is 0. The third-order valence-corrected chi connectivity index (χ3v) is 4.43. The lowest BCUT2D eigenvalue weighted by atomic mass is 10.2. The van der Waals surface area contributed by atoms with Crippen molar-refractivity contribution in [2.75, 3.05) is 23.7 Å². The van der Waals surface area contributed by atoms with Crippen LogP contribution in [0.4, 0.5) is 11.4 Å². The fourth-order valence-corrected chi connectivity index (χ4v) is 2.81. The zero-order valence-corrected chi connectivity index (χ0v) is 14.7. The van der Waals surface area contributed by atoms with Crippen LogP contribution in [0.15, 0.2) is 41.8 Å². The number of halogens is 1. The van der Waals surface area contributed by atoms with E-state index in [2.05, 4.69) is 16.0 Å². The molecule has 7 heteroatoms. The molecule has 3 N–H and O–H groups in total. The van der Waals surface area contributed by atoms with Gasteiger partial charge in [-0.2, -0.15) is 0 Å². The number of benzene rings is 1. The van der Waals surface area contributed by atoms with Crippen molar-refractivity contribution in [3.05, 3.63) is 46.7 Å². The quantitative estimate of drug-likeness (QED) is 0.704. The summed E-state index contributed by atoms with van der Waals surface area (Å²) < 4.78 is 0. The Bertz CT molecular complexity index is 687. The highest BCUT2D eigenvalue weighted by Gasteiger charge is 2.20. The predicted molar refractivity (Wildman–Crippen MR) is 100 cm³/mol. The largest absolute Gasteiger partial charge is 0.325 e. The van der Waals surface area contributed by atoms with Gasteiger partial charge in [0, 0.05) is 11.4 Å². The molecule has 0 aliphatic heterocycles. The Morgan fingerprint density at radius 1 is 1.08 bits per heavy atom. The van der Waals surface area contributed by atoms with E-state index in [0.717, 1.165) is 12.5 Å². The molecule has 2 aromatic rings. The second-order valence-electron chi connectivity index (χ2n) is 5.63. The van der Waals surface area contributed by atoms with Gasteiger partial charge in [0.05, 0.1) is 11.4 Å². The molecular formula is C17H20ClN3O2S. The molecule has 128 valence electrons. The maximum atomic E-state index is 12.0. The SMILES string of the molecule is Cl.O=C(CNCC1CC1)Nc1cccc(NC(=O)c2cccs2)c1. The number of amides is 2. The first-order valence-electron chi connectivity index (χ1n) is 7.66. The topological polar surface area (TPSA) is 70.2 Å². The summed E-state index contributed by atoms with van der Waals surface area (Å²) in [6.07, 6.45) is 2.53. The molecule has 24 heavy (non-hydrogen) atoms. The molecule has 3 rings (SSSR count). The first-order valence-corrected chi connectivity index (χ1v) is 8.54. The molecule has 0 spiro atoms. The summed E-state index contributed by atoms with van der Waals surface area (Å²) in [6.45, 7) is 1.21. The van der Waals surface area contributed by atoms with E-state index in [1.807, 2.05) is 11.4 Å². The Balaban J connectivity index is 0.00000208. The second kappa shape index (κ2) is 8.82. The van der Waals surface area contributed by atoms with Gasteiger partial charge in [0.2, 0.25) is 5.91 Å². The fourth-order valence-electron chi connectivity index (χ4n) is 2.19. The Hall–Kier alpha value is -1.89.